The van der Waals surface area contributed by atoms with E-state index in [1.165, 1.54) is 19.4 Å². The molecule has 0 radical (unpaired) electrons. The zero-order valence-electron chi connectivity index (χ0n) is 13.9. The summed E-state index contributed by atoms with van der Waals surface area (Å²) in [6.45, 7) is 12.3. The summed E-state index contributed by atoms with van der Waals surface area (Å²) >= 11 is 0. The highest BCUT2D eigenvalue weighted by Crippen LogP contribution is 2.33. The molecule has 3 heteroatoms. The van der Waals surface area contributed by atoms with Gasteiger partial charge in [0.15, 0.2) is 0 Å². The third-order valence-electron chi connectivity index (χ3n) is 4.99. The predicted octanol–water partition coefficient (Wildman–Crippen LogP) is 3.56. The second-order valence-corrected chi connectivity index (χ2v) is 6.29. The van der Waals surface area contributed by atoms with Gasteiger partial charge in [0, 0.05) is 12.6 Å². The van der Waals surface area contributed by atoms with Crippen LogP contribution in [0.3, 0.4) is 0 Å². The number of nitriles is 1. The van der Waals surface area contributed by atoms with Gasteiger partial charge in [0.25, 0.3) is 0 Å². The first-order valence-corrected chi connectivity index (χ1v) is 8.54. The van der Waals surface area contributed by atoms with E-state index in [2.05, 4.69) is 44.0 Å². The molecule has 20 heavy (non-hydrogen) atoms. The monoisotopic (exact) mass is 279 g/mol. The van der Waals surface area contributed by atoms with Crippen molar-refractivity contribution in [2.24, 2.45) is 5.92 Å². The Morgan fingerprint density at radius 2 is 2.00 bits per heavy atom. The van der Waals surface area contributed by atoms with Crippen molar-refractivity contribution in [1.29, 1.82) is 5.26 Å². The van der Waals surface area contributed by atoms with Gasteiger partial charge in [-0.2, -0.15) is 5.26 Å². The number of nitrogens with one attached hydrogen (secondary N) is 1. The van der Waals surface area contributed by atoms with Crippen LogP contribution in [0.4, 0.5) is 0 Å². The van der Waals surface area contributed by atoms with E-state index in [4.69, 9.17) is 0 Å². The second-order valence-electron chi connectivity index (χ2n) is 6.29. The molecule has 0 aromatic heterocycles. The lowest BCUT2D eigenvalue weighted by Gasteiger charge is -2.32. The minimum absolute atomic E-state index is 0.262. The van der Waals surface area contributed by atoms with Crippen LogP contribution in [0.1, 0.15) is 66.2 Å². The van der Waals surface area contributed by atoms with Gasteiger partial charge >= 0.3 is 0 Å². The van der Waals surface area contributed by atoms with Crippen molar-refractivity contribution < 1.29 is 0 Å². The molecular formula is C17H33N3. The normalized spacial score (nSPS) is 26.4. The highest BCUT2D eigenvalue weighted by atomic mass is 15.2. The van der Waals surface area contributed by atoms with Gasteiger partial charge in [-0.15, -0.1) is 0 Å². The molecule has 116 valence electrons. The Hall–Kier alpha value is -0.590. The van der Waals surface area contributed by atoms with Crippen LogP contribution in [0.2, 0.25) is 0 Å². The summed E-state index contributed by atoms with van der Waals surface area (Å²) in [5.74, 6) is 0.802. The molecule has 2 atom stereocenters. The third kappa shape index (κ3) is 4.46. The molecule has 0 amide bonds. The van der Waals surface area contributed by atoms with E-state index < -0.39 is 0 Å². The minimum atomic E-state index is -0.262. The van der Waals surface area contributed by atoms with Gasteiger partial charge in [-0.05, 0) is 44.7 Å². The molecule has 2 unspecified atom stereocenters. The molecule has 0 bridgehead atoms. The van der Waals surface area contributed by atoms with Gasteiger partial charge in [0.1, 0.15) is 5.54 Å². The van der Waals surface area contributed by atoms with Gasteiger partial charge in [0.2, 0.25) is 0 Å². The first-order chi connectivity index (χ1) is 9.64. The van der Waals surface area contributed by atoms with Gasteiger partial charge in [0.05, 0.1) is 6.07 Å². The smallest absolute Gasteiger partial charge is 0.108 e. The van der Waals surface area contributed by atoms with Crippen LogP contribution in [-0.4, -0.2) is 36.1 Å². The van der Waals surface area contributed by atoms with Crippen LogP contribution in [0, 0.1) is 17.2 Å². The Morgan fingerprint density at radius 3 is 2.50 bits per heavy atom. The first kappa shape index (κ1) is 17.5. The molecule has 0 aromatic rings. The molecule has 1 aliphatic rings. The lowest BCUT2D eigenvalue weighted by molar-refractivity contribution is 0.167. The fourth-order valence-electron chi connectivity index (χ4n) is 3.41. The largest absolute Gasteiger partial charge is 0.300 e. The summed E-state index contributed by atoms with van der Waals surface area (Å²) in [5.41, 5.74) is -0.262. The van der Waals surface area contributed by atoms with E-state index in [0.717, 1.165) is 44.7 Å². The molecule has 0 spiro atoms. The van der Waals surface area contributed by atoms with Gasteiger partial charge < -0.3 is 4.90 Å². The molecule has 0 aromatic carbocycles. The fraction of sp³-hybridized carbons (Fsp3) is 0.941. The summed E-state index contributed by atoms with van der Waals surface area (Å²) in [6.07, 6.45) is 6.79. The van der Waals surface area contributed by atoms with Crippen LogP contribution < -0.4 is 5.32 Å². The highest BCUT2D eigenvalue weighted by Gasteiger charge is 2.40. The zero-order valence-corrected chi connectivity index (χ0v) is 13.9. The van der Waals surface area contributed by atoms with E-state index in [1.54, 1.807) is 0 Å². The van der Waals surface area contributed by atoms with Crippen LogP contribution in [-0.2, 0) is 0 Å². The van der Waals surface area contributed by atoms with Crippen molar-refractivity contribution in [1.82, 2.24) is 10.2 Å². The van der Waals surface area contributed by atoms with E-state index in [0.29, 0.717) is 6.04 Å². The summed E-state index contributed by atoms with van der Waals surface area (Å²) in [7, 11) is 0. The molecule has 1 aliphatic carbocycles. The molecule has 1 saturated carbocycles. The van der Waals surface area contributed by atoms with Gasteiger partial charge in [-0.25, -0.2) is 0 Å². The Morgan fingerprint density at radius 1 is 1.30 bits per heavy atom. The van der Waals surface area contributed by atoms with Crippen molar-refractivity contribution in [2.75, 3.05) is 19.6 Å². The molecular weight excluding hydrogens is 246 g/mol. The topological polar surface area (TPSA) is 39.1 Å². The third-order valence-corrected chi connectivity index (χ3v) is 4.99. The summed E-state index contributed by atoms with van der Waals surface area (Å²) in [5, 5.41) is 13.1. The van der Waals surface area contributed by atoms with Crippen LogP contribution >= 0.6 is 0 Å². The van der Waals surface area contributed by atoms with E-state index in [-0.39, 0.29) is 5.54 Å². The van der Waals surface area contributed by atoms with Crippen molar-refractivity contribution in [3.05, 3.63) is 0 Å². The fourth-order valence-corrected chi connectivity index (χ4v) is 3.41. The van der Waals surface area contributed by atoms with Gasteiger partial charge in [-0.1, -0.05) is 40.5 Å². The highest BCUT2D eigenvalue weighted by molar-refractivity contribution is 5.13. The molecule has 3 nitrogen and oxygen atoms in total. The number of rotatable bonds is 9. The Balaban J connectivity index is 2.61. The number of hydrogen-bond acceptors (Lipinski definition) is 3. The average molecular weight is 279 g/mol. The Kier molecular flexibility index (Phi) is 7.55. The van der Waals surface area contributed by atoms with Crippen LogP contribution in [0.15, 0.2) is 0 Å². The van der Waals surface area contributed by atoms with Gasteiger partial charge in [-0.3, -0.25) is 5.32 Å². The standard InChI is InChI=1S/C17H33N3/c1-5-11-19-17(14-18)10-9-16(12-17)20(8-4)13-15(6-2)7-3/h15-16,19H,5-13H2,1-4H3. The van der Waals surface area contributed by atoms with Crippen LogP contribution in [0.25, 0.3) is 0 Å². The van der Waals surface area contributed by atoms with Crippen molar-refractivity contribution in [2.45, 2.75) is 77.8 Å². The molecule has 1 rings (SSSR count). The quantitative estimate of drug-likeness (QED) is 0.701. The van der Waals surface area contributed by atoms with Crippen molar-refractivity contribution in [3.63, 3.8) is 0 Å². The summed E-state index contributed by atoms with van der Waals surface area (Å²) in [4.78, 5) is 2.62. The van der Waals surface area contributed by atoms with E-state index in [9.17, 15) is 5.26 Å². The summed E-state index contributed by atoms with van der Waals surface area (Å²) < 4.78 is 0. The zero-order chi connectivity index (χ0) is 15.0. The first-order valence-electron chi connectivity index (χ1n) is 8.54. The molecule has 0 saturated heterocycles. The maximum absolute atomic E-state index is 9.56. The van der Waals surface area contributed by atoms with Crippen LogP contribution in [0.5, 0.6) is 0 Å². The summed E-state index contributed by atoms with van der Waals surface area (Å²) in [6, 6.07) is 3.15. The molecule has 1 fully saturated rings. The van der Waals surface area contributed by atoms with E-state index in [1.807, 2.05) is 0 Å². The lowest BCUT2D eigenvalue weighted by atomic mass is 9.98. The lowest BCUT2D eigenvalue weighted by Crippen LogP contribution is -2.45. The second kappa shape index (κ2) is 8.64. The minimum Gasteiger partial charge on any atom is -0.300 e. The number of hydrogen-bond donors (Lipinski definition) is 1. The maximum Gasteiger partial charge on any atom is 0.108 e. The molecule has 0 heterocycles. The Bertz CT molecular complexity index is 306. The predicted molar refractivity (Wildman–Crippen MR) is 85.6 cm³/mol. The average Bonchev–Trinajstić information content (AvgIpc) is 2.91. The van der Waals surface area contributed by atoms with Crippen molar-refractivity contribution >= 4 is 0 Å². The maximum atomic E-state index is 9.56. The number of nitrogens with zero attached hydrogens (tertiary/aromatic N) is 2. The van der Waals surface area contributed by atoms with Crippen molar-refractivity contribution in [3.8, 4) is 6.07 Å². The molecule has 0 aliphatic heterocycles. The SMILES string of the molecule is CCCNC1(C#N)CCC(N(CC)CC(CC)CC)C1. The molecule has 1 N–H and O–H groups in total. The Labute approximate surface area is 125 Å². The van der Waals surface area contributed by atoms with E-state index >= 15 is 0 Å².